The first kappa shape index (κ1) is 14.0. The second-order valence-corrected chi connectivity index (χ2v) is 5.42. The molecule has 0 bridgehead atoms. The van der Waals surface area contributed by atoms with Gasteiger partial charge in [0, 0.05) is 17.4 Å². The molecule has 1 aromatic heterocycles. The van der Waals surface area contributed by atoms with Gasteiger partial charge >= 0.3 is 5.97 Å². The number of aryl methyl sites for hydroxylation is 2. The van der Waals surface area contributed by atoms with E-state index in [-0.39, 0.29) is 18.3 Å². The predicted octanol–water partition coefficient (Wildman–Crippen LogP) is 1.99. The lowest BCUT2D eigenvalue weighted by Gasteiger charge is -2.17. The fourth-order valence-corrected chi connectivity index (χ4v) is 2.39. The number of aromatic nitrogens is 1. The zero-order chi connectivity index (χ0) is 14.2. The lowest BCUT2D eigenvalue weighted by Crippen LogP contribution is -2.27. The third-order valence-corrected chi connectivity index (χ3v) is 4.43. The van der Waals surface area contributed by atoms with E-state index in [1.54, 1.807) is 4.90 Å². The fourth-order valence-electron chi connectivity index (χ4n) is 2.19. The summed E-state index contributed by atoms with van der Waals surface area (Å²) < 4.78 is 5.62. The number of hydrogen-bond acceptors (Lipinski definition) is 4. The Hall–Kier alpha value is -1.43. The van der Waals surface area contributed by atoms with E-state index in [1.165, 1.54) is 7.11 Å². The van der Waals surface area contributed by atoms with E-state index in [0.29, 0.717) is 12.4 Å². The van der Waals surface area contributed by atoms with Crippen molar-refractivity contribution in [2.24, 2.45) is 5.92 Å². The Morgan fingerprint density at radius 2 is 2.21 bits per heavy atom. The van der Waals surface area contributed by atoms with Crippen molar-refractivity contribution in [1.29, 1.82) is 0 Å². The monoisotopic (exact) mass is 326 g/mol. The molecular formula is C13H15BrN2O3. The molecule has 0 N–H and O–H groups in total. The van der Waals surface area contributed by atoms with Gasteiger partial charge in [-0.3, -0.25) is 14.5 Å². The summed E-state index contributed by atoms with van der Waals surface area (Å²) in [5.41, 5.74) is 1.83. The van der Waals surface area contributed by atoms with Gasteiger partial charge in [-0.15, -0.1) is 0 Å². The van der Waals surface area contributed by atoms with Gasteiger partial charge in [0.1, 0.15) is 5.82 Å². The quantitative estimate of drug-likeness (QED) is 0.780. The Morgan fingerprint density at radius 3 is 2.79 bits per heavy atom. The maximum atomic E-state index is 12.0. The van der Waals surface area contributed by atoms with E-state index >= 15 is 0 Å². The summed E-state index contributed by atoms with van der Waals surface area (Å²) in [7, 11) is 1.33. The number of halogens is 1. The number of anilines is 1. The molecule has 0 radical (unpaired) electrons. The molecule has 1 aliphatic rings. The van der Waals surface area contributed by atoms with Crippen LogP contribution in [0.25, 0.3) is 0 Å². The summed E-state index contributed by atoms with van der Waals surface area (Å²) >= 11 is 3.44. The maximum absolute atomic E-state index is 12.0. The van der Waals surface area contributed by atoms with Crippen molar-refractivity contribution in [2.75, 3.05) is 18.6 Å². The first-order valence-electron chi connectivity index (χ1n) is 5.96. The number of nitrogens with zero attached hydrogens (tertiary/aromatic N) is 2. The van der Waals surface area contributed by atoms with Crippen LogP contribution in [-0.2, 0) is 14.3 Å². The van der Waals surface area contributed by atoms with E-state index in [0.717, 1.165) is 15.7 Å². The SMILES string of the molecule is COC(=O)C1CC(=O)N(c2cc(C)c(Br)c(C)n2)C1. The molecule has 1 atom stereocenters. The third kappa shape index (κ3) is 2.63. The molecule has 0 aliphatic carbocycles. The Balaban J connectivity index is 2.28. The van der Waals surface area contributed by atoms with Gasteiger partial charge in [0.25, 0.3) is 0 Å². The van der Waals surface area contributed by atoms with Crippen molar-refractivity contribution in [3.8, 4) is 0 Å². The number of rotatable bonds is 2. The van der Waals surface area contributed by atoms with Gasteiger partial charge < -0.3 is 4.74 Å². The summed E-state index contributed by atoms with van der Waals surface area (Å²) in [5.74, 6) is -0.247. The predicted molar refractivity (Wildman–Crippen MR) is 73.9 cm³/mol. The van der Waals surface area contributed by atoms with Crippen LogP contribution >= 0.6 is 15.9 Å². The summed E-state index contributed by atoms with van der Waals surface area (Å²) in [6.07, 6.45) is 0.183. The Morgan fingerprint density at radius 1 is 1.53 bits per heavy atom. The molecular weight excluding hydrogens is 312 g/mol. The van der Waals surface area contributed by atoms with Gasteiger partial charge in [0.2, 0.25) is 5.91 Å². The van der Waals surface area contributed by atoms with Crippen LogP contribution in [0.4, 0.5) is 5.82 Å². The summed E-state index contributed by atoms with van der Waals surface area (Å²) in [6.45, 7) is 4.15. The lowest BCUT2D eigenvalue weighted by atomic mass is 10.1. The topological polar surface area (TPSA) is 59.5 Å². The molecule has 1 aromatic rings. The van der Waals surface area contributed by atoms with Crippen molar-refractivity contribution in [3.05, 3.63) is 21.8 Å². The van der Waals surface area contributed by atoms with Crippen LogP contribution < -0.4 is 4.90 Å². The first-order valence-corrected chi connectivity index (χ1v) is 6.75. The van der Waals surface area contributed by atoms with Gasteiger partial charge in [-0.2, -0.15) is 0 Å². The van der Waals surface area contributed by atoms with Gasteiger partial charge in [-0.1, -0.05) is 0 Å². The molecule has 2 heterocycles. The average Bonchev–Trinajstić information content (AvgIpc) is 2.76. The normalized spacial score (nSPS) is 18.8. The van der Waals surface area contributed by atoms with Crippen molar-refractivity contribution in [2.45, 2.75) is 20.3 Å². The largest absolute Gasteiger partial charge is 0.469 e. The van der Waals surface area contributed by atoms with Crippen molar-refractivity contribution in [3.63, 3.8) is 0 Å². The summed E-state index contributed by atoms with van der Waals surface area (Å²) in [6, 6.07) is 1.84. The second-order valence-electron chi connectivity index (χ2n) is 4.63. The van der Waals surface area contributed by atoms with Crippen LogP contribution in [0, 0.1) is 19.8 Å². The molecule has 1 amide bonds. The van der Waals surface area contributed by atoms with Crippen molar-refractivity contribution in [1.82, 2.24) is 4.98 Å². The number of carbonyl (C=O) groups excluding carboxylic acids is 2. The van der Waals surface area contributed by atoms with Crippen LogP contribution in [0.15, 0.2) is 10.5 Å². The van der Waals surface area contributed by atoms with E-state index in [2.05, 4.69) is 25.7 Å². The number of carbonyl (C=O) groups is 2. The minimum atomic E-state index is -0.399. The summed E-state index contributed by atoms with van der Waals surface area (Å²) in [5, 5.41) is 0. The molecule has 0 aromatic carbocycles. The molecule has 102 valence electrons. The zero-order valence-electron chi connectivity index (χ0n) is 11.1. The Labute approximate surface area is 120 Å². The number of pyridine rings is 1. The molecule has 1 unspecified atom stereocenters. The van der Waals surface area contributed by atoms with Crippen LogP contribution in [-0.4, -0.2) is 30.5 Å². The fraction of sp³-hybridized carbons (Fsp3) is 0.462. The molecule has 1 saturated heterocycles. The second kappa shape index (κ2) is 5.28. The molecule has 1 aliphatic heterocycles. The van der Waals surface area contributed by atoms with Crippen molar-refractivity contribution >= 4 is 33.6 Å². The van der Waals surface area contributed by atoms with E-state index in [1.807, 2.05) is 19.9 Å². The van der Waals surface area contributed by atoms with Gasteiger partial charge in [-0.05, 0) is 41.4 Å². The Kier molecular flexibility index (Phi) is 3.89. The van der Waals surface area contributed by atoms with Crippen LogP contribution in [0.1, 0.15) is 17.7 Å². The number of ether oxygens (including phenoxy) is 1. The molecule has 0 saturated carbocycles. The highest BCUT2D eigenvalue weighted by Crippen LogP contribution is 2.28. The standard InChI is InChI=1S/C13H15BrN2O3/c1-7-4-10(15-8(2)12(7)14)16-6-9(5-11(16)17)13(18)19-3/h4,9H,5-6H2,1-3H3. The minimum Gasteiger partial charge on any atom is -0.469 e. The average molecular weight is 327 g/mol. The highest BCUT2D eigenvalue weighted by molar-refractivity contribution is 9.10. The third-order valence-electron chi connectivity index (χ3n) is 3.23. The highest BCUT2D eigenvalue weighted by atomic mass is 79.9. The maximum Gasteiger partial charge on any atom is 0.311 e. The van der Waals surface area contributed by atoms with E-state index in [4.69, 9.17) is 0 Å². The van der Waals surface area contributed by atoms with Crippen LogP contribution in [0.2, 0.25) is 0 Å². The van der Waals surface area contributed by atoms with Crippen LogP contribution in [0.3, 0.4) is 0 Å². The smallest absolute Gasteiger partial charge is 0.311 e. The number of esters is 1. The molecule has 1 fully saturated rings. The lowest BCUT2D eigenvalue weighted by molar-refractivity contribution is -0.145. The number of amides is 1. The Bertz CT molecular complexity index is 522. The van der Waals surface area contributed by atoms with Crippen LogP contribution in [0.5, 0.6) is 0 Å². The molecule has 5 nitrogen and oxygen atoms in total. The van der Waals surface area contributed by atoms with E-state index in [9.17, 15) is 9.59 Å². The summed E-state index contributed by atoms with van der Waals surface area (Å²) in [4.78, 5) is 29.4. The highest BCUT2D eigenvalue weighted by Gasteiger charge is 2.36. The molecule has 2 rings (SSSR count). The van der Waals surface area contributed by atoms with Gasteiger partial charge in [0.05, 0.1) is 18.7 Å². The molecule has 19 heavy (non-hydrogen) atoms. The molecule has 6 heteroatoms. The number of hydrogen-bond donors (Lipinski definition) is 0. The van der Waals surface area contributed by atoms with Gasteiger partial charge in [-0.25, -0.2) is 4.98 Å². The zero-order valence-corrected chi connectivity index (χ0v) is 12.7. The van der Waals surface area contributed by atoms with E-state index < -0.39 is 5.92 Å². The number of methoxy groups -OCH3 is 1. The first-order chi connectivity index (χ1) is 8.93. The van der Waals surface area contributed by atoms with Crippen molar-refractivity contribution < 1.29 is 14.3 Å². The minimum absolute atomic E-state index is 0.0935. The molecule has 0 spiro atoms. The van der Waals surface area contributed by atoms with Gasteiger partial charge in [0.15, 0.2) is 0 Å².